The number of benzene rings is 1. The molecule has 0 N–H and O–H groups in total. The van der Waals surface area contributed by atoms with Gasteiger partial charge in [-0.15, -0.1) is 0 Å². The first-order chi connectivity index (χ1) is 6.33. The maximum atomic E-state index is 2.37. The molecule has 1 aliphatic rings. The summed E-state index contributed by atoms with van der Waals surface area (Å²) in [5.74, 6) is 0.736. The van der Waals surface area contributed by atoms with Crippen molar-refractivity contribution in [3.05, 3.63) is 38.7 Å². The van der Waals surface area contributed by atoms with E-state index in [1.165, 1.54) is 18.4 Å². The fourth-order valence-corrected chi connectivity index (χ4v) is 3.11. The van der Waals surface area contributed by atoms with Gasteiger partial charge in [0.05, 0.1) is 0 Å². The summed E-state index contributed by atoms with van der Waals surface area (Å²) >= 11 is 1.58. The molecule has 0 saturated heterocycles. The smallest absolute Gasteiger partial charge is 1.00 e. The molecular formula is C12H13Br2Zr. The second kappa shape index (κ2) is 7.19. The summed E-state index contributed by atoms with van der Waals surface area (Å²) in [5.41, 5.74) is 3.00. The number of rotatable bonds is 2. The van der Waals surface area contributed by atoms with E-state index in [2.05, 4.69) is 37.3 Å². The van der Waals surface area contributed by atoms with Crippen molar-refractivity contribution in [2.45, 2.75) is 25.7 Å². The maximum Gasteiger partial charge on any atom is -1.00 e. The standard InChI is InChI=1S/C12H13.2BrH.Zr/c1-2-5-10-8-9-11-6-3-4-7-12(10)11;;;/h3-4,6-7,9-10H,2,5H2,1H3;2*1H;/q;;;+2/p-2. The molecule has 1 atom stereocenters. The van der Waals surface area contributed by atoms with Crippen molar-refractivity contribution in [1.82, 2.24) is 0 Å². The number of hydrogen-bond acceptors (Lipinski definition) is 0. The van der Waals surface area contributed by atoms with Crippen LogP contribution in [0, 0.1) is 0 Å². The molecule has 0 nitrogen and oxygen atoms in total. The van der Waals surface area contributed by atoms with Crippen LogP contribution in [-0.4, -0.2) is 0 Å². The van der Waals surface area contributed by atoms with E-state index in [1.807, 2.05) is 0 Å². The molecule has 15 heavy (non-hydrogen) atoms. The molecular weight excluding hydrogens is 395 g/mol. The van der Waals surface area contributed by atoms with Crippen molar-refractivity contribution < 1.29 is 58.7 Å². The Labute approximate surface area is 128 Å². The molecule has 0 bridgehead atoms. The molecule has 0 saturated carbocycles. The van der Waals surface area contributed by atoms with Crippen LogP contribution in [0.1, 0.15) is 36.8 Å². The van der Waals surface area contributed by atoms with Gasteiger partial charge in [0, 0.05) is 0 Å². The SMILES string of the molecule is CCCC1[C]([Zr+2])=Cc2ccccc21.[Br-].[Br-]. The average Bonchev–Trinajstić information content (AvgIpc) is 2.44. The molecule has 0 radical (unpaired) electrons. The molecule has 0 amide bonds. The summed E-state index contributed by atoms with van der Waals surface area (Å²) in [6, 6.07) is 8.80. The number of halogens is 2. The molecule has 1 unspecified atom stereocenters. The maximum absolute atomic E-state index is 2.37. The molecule has 1 aromatic carbocycles. The van der Waals surface area contributed by atoms with Gasteiger partial charge in [-0.25, -0.2) is 0 Å². The quantitative estimate of drug-likeness (QED) is 0.507. The van der Waals surface area contributed by atoms with E-state index in [-0.39, 0.29) is 34.0 Å². The number of fused-ring (bicyclic) bond motifs is 1. The van der Waals surface area contributed by atoms with E-state index in [9.17, 15) is 0 Å². The Morgan fingerprint density at radius 3 is 2.53 bits per heavy atom. The van der Waals surface area contributed by atoms with E-state index in [4.69, 9.17) is 0 Å². The van der Waals surface area contributed by atoms with Crippen molar-refractivity contribution in [2.24, 2.45) is 0 Å². The van der Waals surface area contributed by atoms with Crippen molar-refractivity contribution in [2.75, 3.05) is 0 Å². The minimum Gasteiger partial charge on any atom is -1.00 e. The van der Waals surface area contributed by atoms with Crippen molar-refractivity contribution in [3.8, 4) is 0 Å². The number of allylic oxidation sites excluding steroid dienone is 1. The first-order valence-electron chi connectivity index (χ1n) is 4.85. The van der Waals surface area contributed by atoms with Crippen LogP contribution in [-0.2, 0) is 24.7 Å². The predicted octanol–water partition coefficient (Wildman–Crippen LogP) is -2.52. The van der Waals surface area contributed by atoms with Crippen LogP contribution in [0.3, 0.4) is 0 Å². The van der Waals surface area contributed by atoms with Gasteiger partial charge in [-0.1, -0.05) is 0 Å². The Bertz CT molecular complexity index is 347. The van der Waals surface area contributed by atoms with E-state index in [1.54, 1.807) is 33.6 Å². The summed E-state index contributed by atoms with van der Waals surface area (Å²) < 4.78 is 1.62. The van der Waals surface area contributed by atoms with Gasteiger partial charge in [0.1, 0.15) is 0 Å². The minimum absolute atomic E-state index is 0. The molecule has 79 valence electrons. The summed E-state index contributed by atoms with van der Waals surface area (Å²) in [5, 5.41) is 0. The van der Waals surface area contributed by atoms with Crippen LogP contribution in [0.2, 0.25) is 0 Å². The molecule has 0 heterocycles. The molecule has 3 heteroatoms. The van der Waals surface area contributed by atoms with Gasteiger partial charge >= 0.3 is 95.2 Å². The van der Waals surface area contributed by atoms with Gasteiger partial charge < -0.3 is 34.0 Å². The van der Waals surface area contributed by atoms with Crippen LogP contribution in [0.4, 0.5) is 0 Å². The summed E-state index contributed by atoms with van der Waals surface area (Å²) in [6.45, 7) is 2.27. The summed E-state index contributed by atoms with van der Waals surface area (Å²) in [6.07, 6.45) is 4.96. The Kier molecular flexibility index (Phi) is 7.58. The first-order valence-corrected chi connectivity index (χ1v) is 6.08. The zero-order valence-electron chi connectivity index (χ0n) is 8.63. The van der Waals surface area contributed by atoms with Crippen LogP contribution in [0.15, 0.2) is 27.5 Å². The van der Waals surface area contributed by atoms with Crippen molar-refractivity contribution in [1.29, 1.82) is 0 Å². The second-order valence-electron chi connectivity index (χ2n) is 3.57. The first kappa shape index (κ1) is 15.8. The topological polar surface area (TPSA) is 0 Å². The molecule has 1 aliphatic carbocycles. The van der Waals surface area contributed by atoms with Crippen LogP contribution in [0.25, 0.3) is 6.08 Å². The summed E-state index contributed by atoms with van der Waals surface area (Å²) in [7, 11) is 0. The Hall–Kier alpha value is 0.803. The van der Waals surface area contributed by atoms with E-state index >= 15 is 0 Å². The largest absolute Gasteiger partial charge is 1.00 e. The minimum atomic E-state index is 0. The Morgan fingerprint density at radius 1 is 1.20 bits per heavy atom. The normalized spacial score (nSPS) is 17.3. The zero-order valence-corrected chi connectivity index (χ0v) is 14.3. The van der Waals surface area contributed by atoms with Crippen molar-refractivity contribution >= 4 is 6.08 Å². The molecule has 0 fully saturated rings. The van der Waals surface area contributed by atoms with Gasteiger partial charge in [-0.3, -0.25) is 0 Å². The van der Waals surface area contributed by atoms with Crippen LogP contribution >= 0.6 is 0 Å². The fourth-order valence-electron chi connectivity index (χ4n) is 2.00. The van der Waals surface area contributed by atoms with Crippen molar-refractivity contribution in [3.63, 3.8) is 0 Å². The van der Waals surface area contributed by atoms with Gasteiger partial charge in [0.25, 0.3) is 0 Å². The van der Waals surface area contributed by atoms with E-state index in [0.29, 0.717) is 0 Å². The van der Waals surface area contributed by atoms with Crippen LogP contribution in [0.5, 0.6) is 0 Å². The molecule has 0 aliphatic heterocycles. The third-order valence-corrected chi connectivity index (χ3v) is 3.85. The second-order valence-corrected chi connectivity index (χ2v) is 4.99. The van der Waals surface area contributed by atoms with Gasteiger partial charge in [0.2, 0.25) is 0 Å². The third-order valence-electron chi connectivity index (χ3n) is 2.64. The van der Waals surface area contributed by atoms with Gasteiger partial charge in [0.15, 0.2) is 0 Å². The van der Waals surface area contributed by atoms with Gasteiger partial charge in [-0.05, 0) is 0 Å². The summed E-state index contributed by atoms with van der Waals surface area (Å²) in [4.78, 5) is 0. The third kappa shape index (κ3) is 3.38. The molecule has 0 spiro atoms. The molecule has 1 aromatic rings. The Morgan fingerprint density at radius 2 is 1.87 bits per heavy atom. The predicted molar refractivity (Wildman–Crippen MR) is 52.1 cm³/mol. The van der Waals surface area contributed by atoms with E-state index < -0.39 is 0 Å². The molecule has 0 aromatic heterocycles. The Balaban J connectivity index is 0.000000980. The van der Waals surface area contributed by atoms with Gasteiger partial charge in [-0.2, -0.15) is 0 Å². The molecule has 2 rings (SSSR count). The fraction of sp³-hybridized carbons (Fsp3) is 0.333. The number of hydrogen-bond donors (Lipinski definition) is 0. The monoisotopic (exact) mass is 405 g/mol. The zero-order chi connectivity index (χ0) is 9.26. The average molecular weight is 408 g/mol. The van der Waals surface area contributed by atoms with Crippen LogP contribution < -0.4 is 34.0 Å². The van der Waals surface area contributed by atoms with E-state index in [0.717, 1.165) is 5.92 Å².